The van der Waals surface area contributed by atoms with Crippen LogP contribution in [0.2, 0.25) is 0 Å². The summed E-state index contributed by atoms with van der Waals surface area (Å²) in [4.78, 5) is 24.2. The van der Waals surface area contributed by atoms with Crippen LogP contribution in [0.3, 0.4) is 0 Å². The predicted molar refractivity (Wildman–Crippen MR) is 148 cm³/mol. The average Bonchev–Trinajstić information content (AvgIpc) is 3.38. The number of aromatic nitrogens is 2. The highest BCUT2D eigenvalue weighted by Crippen LogP contribution is 2.36. The summed E-state index contributed by atoms with van der Waals surface area (Å²) in [6.45, 7) is 9.13. The van der Waals surface area contributed by atoms with Crippen molar-refractivity contribution in [3.8, 4) is 22.7 Å². The topological polar surface area (TPSA) is 84.7 Å². The van der Waals surface area contributed by atoms with Crippen LogP contribution >= 0.6 is 24.0 Å². The van der Waals surface area contributed by atoms with Gasteiger partial charge in [0.25, 0.3) is 11.9 Å². The number of carbonyl (C=O) groups is 2. The number of benzene rings is 2. The van der Waals surface area contributed by atoms with Gasteiger partial charge in [-0.05, 0) is 56.3 Å². The highest BCUT2D eigenvalue weighted by Gasteiger charge is 2.34. The maximum atomic E-state index is 12.9. The number of carboxylic acid groups (broad SMARTS) is 1. The number of rotatable bonds is 7. The van der Waals surface area contributed by atoms with Crippen molar-refractivity contribution in [1.29, 1.82) is 0 Å². The zero-order valence-corrected chi connectivity index (χ0v) is 21.9. The molecule has 1 fully saturated rings. The Bertz CT molecular complexity index is 1280. The van der Waals surface area contributed by atoms with Crippen LogP contribution < -0.4 is 4.74 Å². The van der Waals surface area contributed by atoms with E-state index in [1.807, 2.05) is 85.4 Å². The highest BCUT2D eigenvalue weighted by atomic mass is 32.2. The largest absolute Gasteiger partial charge is 0.490 e. The second-order valence-electron chi connectivity index (χ2n) is 8.00. The van der Waals surface area contributed by atoms with Gasteiger partial charge in [0.15, 0.2) is 0 Å². The van der Waals surface area contributed by atoms with Crippen LogP contribution in [0.25, 0.3) is 23.0 Å². The molecule has 0 spiro atoms. The molecule has 2 heterocycles. The van der Waals surface area contributed by atoms with Crippen molar-refractivity contribution in [2.45, 2.75) is 26.8 Å². The van der Waals surface area contributed by atoms with E-state index in [9.17, 15) is 4.79 Å². The molecule has 7 nitrogen and oxygen atoms in total. The summed E-state index contributed by atoms with van der Waals surface area (Å²) < 4.78 is 8.00. The minimum atomic E-state index is -0.833. The van der Waals surface area contributed by atoms with E-state index in [-0.39, 0.29) is 11.9 Å². The van der Waals surface area contributed by atoms with Crippen molar-refractivity contribution >= 4 is 46.3 Å². The van der Waals surface area contributed by atoms with Gasteiger partial charge in [-0.3, -0.25) is 14.5 Å². The third-order valence-electron chi connectivity index (χ3n) is 4.89. The Morgan fingerprint density at radius 1 is 1.19 bits per heavy atom. The zero-order chi connectivity index (χ0) is 26.2. The van der Waals surface area contributed by atoms with E-state index in [0.29, 0.717) is 15.8 Å². The van der Waals surface area contributed by atoms with Crippen molar-refractivity contribution in [2.75, 3.05) is 6.61 Å². The molecule has 1 aliphatic heterocycles. The second kappa shape index (κ2) is 12.3. The molecule has 1 N–H and O–H groups in total. The summed E-state index contributed by atoms with van der Waals surface area (Å²) in [5, 5.41) is 12.2. The number of nitrogens with zero attached hydrogens (tertiary/aromatic N) is 3. The minimum Gasteiger partial charge on any atom is -0.490 e. The molecule has 0 aliphatic carbocycles. The van der Waals surface area contributed by atoms with Gasteiger partial charge in [-0.15, -0.1) is 0 Å². The summed E-state index contributed by atoms with van der Waals surface area (Å²) in [6.07, 6.45) is 5.53. The van der Waals surface area contributed by atoms with E-state index < -0.39 is 5.97 Å². The number of carboxylic acids is 1. The molecule has 0 unspecified atom stereocenters. The van der Waals surface area contributed by atoms with Gasteiger partial charge in [-0.1, -0.05) is 54.8 Å². The SMILES string of the molecule is C=CCOc1ccc(-c2nn(-c3ccccc3)cc2/C=C2/SC(=S)N(C(C)C)C2=O)cc1.CC(=O)O. The fourth-order valence-electron chi connectivity index (χ4n) is 3.36. The molecule has 186 valence electrons. The average molecular weight is 522 g/mol. The molecule has 0 atom stereocenters. The van der Waals surface area contributed by atoms with Gasteiger partial charge in [0, 0.05) is 30.3 Å². The van der Waals surface area contributed by atoms with Crippen LogP contribution in [0.4, 0.5) is 0 Å². The third-order valence-corrected chi connectivity index (χ3v) is 6.22. The number of amides is 1. The number of thioether (sulfide) groups is 1. The van der Waals surface area contributed by atoms with Gasteiger partial charge in [0.1, 0.15) is 16.7 Å². The fourth-order valence-corrected chi connectivity index (χ4v) is 4.88. The van der Waals surface area contributed by atoms with E-state index in [1.54, 1.807) is 11.0 Å². The molecule has 0 bridgehead atoms. The molecule has 1 amide bonds. The molecule has 1 saturated heterocycles. The second-order valence-corrected chi connectivity index (χ2v) is 9.68. The summed E-state index contributed by atoms with van der Waals surface area (Å²) in [5.74, 6) is -0.142. The van der Waals surface area contributed by atoms with Crippen LogP contribution in [-0.2, 0) is 9.59 Å². The minimum absolute atomic E-state index is 0.0167. The Hall–Kier alpha value is -3.69. The number of hydrogen-bond donors (Lipinski definition) is 1. The first-order valence-corrected chi connectivity index (χ1v) is 12.4. The Morgan fingerprint density at radius 2 is 1.83 bits per heavy atom. The summed E-state index contributed by atoms with van der Waals surface area (Å²) in [5.41, 5.74) is 3.49. The van der Waals surface area contributed by atoms with E-state index in [2.05, 4.69) is 6.58 Å². The number of carbonyl (C=O) groups excluding carboxylic acids is 1. The summed E-state index contributed by atoms with van der Waals surface area (Å²) >= 11 is 6.76. The summed E-state index contributed by atoms with van der Waals surface area (Å²) in [7, 11) is 0. The number of para-hydroxylation sites is 1. The lowest BCUT2D eigenvalue weighted by Gasteiger charge is -2.18. The predicted octanol–water partition coefficient (Wildman–Crippen LogP) is 5.80. The lowest BCUT2D eigenvalue weighted by molar-refractivity contribution is -0.134. The monoisotopic (exact) mass is 521 g/mol. The Morgan fingerprint density at radius 3 is 2.39 bits per heavy atom. The Labute approximate surface area is 220 Å². The molecule has 1 aliphatic rings. The van der Waals surface area contributed by atoms with E-state index >= 15 is 0 Å². The van der Waals surface area contributed by atoms with Crippen molar-refractivity contribution in [1.82, 2.24) is 14.7 Å². The van der Waals surface area contributed by atoms with Gasteiger partial charge in [-0.2, -0.15) is 5.10 Å². The van der Waals surface area contributed by atoms with Gasteiger partial charge in [0.05, 0.1) is 16.3 Å². The van der Waals surface area contributed by atoms with Crippen LogP contribution in [0.1, 0.15) is 26.3 Å². The molecule has 1 aromatic heterocycles. The van der Waals surface area contributed by atoms with Crippen molar-refractivity contribution < 1.29 is 19.4 Å². The maximum absolute atomic E-state index is 12.9. The first-order chi connectivity index (χ1) is 17.2. The van der Waals surface area contributed by atoms with Gasteiger partial charge in [0.2, 0.25) is 0 Å². The quantitative estimate of drug-likeness (QED) is 0.239. The first kappa shape index (κ1) is 26.9. The molecule has 0 saturated carbocycles. The number of hydrogen-bond acceptors (Lipinski definition) is 6. The molecular weight excluding hydrogens is 494 g/mol. The van der Waals surface area contributed by atoms with Crippen LogP contribution in [0.5, 0.6) is 5.75 Å². The van der Waals surface area contributed by atoms with Crippen molar-refractivity contribution in [2.24, 2.45) is 0 Å². The molecule has 4 rings (SSSR count). The maximum Gasteiger partial charge on any atom is 0.300 e. The van der Waals surface area contributed by atoms with Crippen LogP contribution in [0, 0.1) is 0 Å². The first-order valence-electron chi connectivity index (χ1n) is 11.2. The smallest absolute Gasteiger partial charge is 0.300 e. The fraction of sp³-hybridized carbons (Fsp3) is 0.185. The molecule has 3 aromatic rings. The zero-order valence-electron chi connectivity index (χ0n) is 20.2. The van der Waals surface area contributed by atoms with Gasteiger partial charge < -0.3 is 9.84 Å². The van der Waals surface area contributed by atoms with Gasteiger partial charge >= 0.3 is 0 Å². The summed E-state index contributed by atoms with van der Waals surface area (Å²) in [6, 6.07) is 17.6. The standard InChI is InChI=1S/C25H23N3O2S2.C2H4O2/c1-4-14-30-21-12-10-18(11-13-21)23-19(16-27(26-23)20-8-6-5-7-9-20)15-22-24(29)28(17(2)3)25(31)32-22;1-2(3)4/h4-13,15-17H,1,14H2,2-3H3;1H3,(H,3,4)/b22-15+;. The normalized spacial score (nSPS) is 14.1. The van der Waals surface area contributed by atoms with Crippen molar-refractivity contribution in [3.05, 3.63) is 83.9 Å². The Kier molecular flexibility index (Phi) is 9.21. The third kappa shape index (κ3) is 6.71. The molecule has 9 heteroatoms. The number of thiocarbonyl (C=S) groups is 1. The number of ether oxygens (including phenoxy) is 1. The van der Waals surface area contributed by atoms with E-state index in [4.69, 9.17) is 32.0 Å². The molecule has 0 radical (unpaired) electrons. The van der Waals surface area contributed by atoms with E-state index in [0.717, 1.165) is 35.2 Å². The Balaban J connectivity index is 0.000000840. The van der Waals surface area contributed by atoms with Crippen LogP contribution in [0.15, 0.2) is 78.4 Å². The lowest BCUT2D eigenvalue weighted by atomic mass is 10.1. The van der Waals surface area contributed by atoms with Crippen molar-refractivity contribution in [3.63, 3.8) is 0 Å². The van der Waals surface area contributed by atoms with Gasteiger partial charge in [-0.25, -0.2) is 4.68 Å². The molecule has 2 aromatic carbocycles. The molecular formula is C27H27N3O4S2. The lowest BCUT2D eigenvalue weighted by Crippen LogP contribution is -2.34. The highest BCUT2D eigenvalue weighted by molar-refractivity contribution is 8.26. The van der Waals surface area contributed by atoms with Crippen LogP contribution in [-0.4, -0.2) is 48.6 Å². The molecule has 36 heavy (non-hydrogen) atoms. The number of aliphatic carboxylic acids is 1. The van der Waals surface area contributed by atoms with E-state index in [1.165, 1.54) is 11.8 Å².